The normalized spacial score (nSPS) is 22.1. The Hall–Kier alpha value is -1.29. The van der Waals surface area contributed by atoms with Crippen LogP contribution in [0.15, 0.2) is 6.07 Å². The topological polar surface area (TPSA) is 54.1 Å². The quantitative estimate of drug-likeness (QED) is 0.695. The summed E-state index contributed by atoms with van der Waals surface area (Å²) in [7, 11) is 0. The van der Waals surface area contributed by atoms with Gasteiger partial charge in [0.05, 0.1) is 12.6 Å². The van der Waals surface area contributed by atoms with Crippen LogP contribution in [0.1, 0.15) is 23.0 Å². The van der Waals surface area contributed by atoms with Crippen LogP contribution in [0.4, 0.5) is 0 Å². The van der Waals surface area contributed by atoms with Crippen molar-refractivity contribution in [3.05, 3.63) is 23.0 Å². The molecule has 1 atom stereocenters. The molecule has 0 spiro atoms. The van der Waals surface area contributed by atoms with Crippen molar-refractivity contribution in [1.29, 1.82) is 0 Å². The van der Waals surface area contributed by atoms with Gasteiger partial charge in [0, 0.05) is 11.4 Å². The Kier molecular flexibility index (Phi) is 2.29. The van der Waals surface area contributed by atoms with Crippen LogP contribution in [0, 0.1) is 13.8 Å². The SMILES string of the molecule is Cc1cc(C)c(C2COCC(=O)N2)[nH]1. The van der Waals surface area contributed by atoms with Gasteiger partial charge in [0.25, 0.3) is 0 Å². The van der Waals surface area contributed by atoms with E-state index < -0.39 is 0 Å². The molecular formula is C10H14N2O2. The van der Waals surface area contributed by atoms with Crippen LogP contribution in [0.25, 0.3) is 0 Å². The second-order valence-electron chi connectivity index (χ2n) is 3.68. The number of ether oxygens (including phenoxy) is 1. The number of rotatable bonds is 1. The lowest BCUT2D eigenvalue weighted by molar-refractivity contribution is -0.131. The molecule has 1 aromatic rings. The van der Waals surface area contributed by atoms with E-state index in [1.54, 1.807) is 0 Å². The van der Waals surface area contributed by atoms with Gasteiger partial charge in [0.15, 0.2) is 0 Å². The molecule has 1 saturated heterocycles. The van der Waals surface area contributed by atoms with Crippen LogP contribution >= 0.6 is 0 Å². The van der Waals surface area contributed by atoms with Crippen molar-refractivity contribution in [3.8, 4) is 0 Å². The molecule has 1 aliphatic rings. The number of morpholine rings is 1. The van der Waals surface area contributed by atoms with Crippen molar-refractivity contribution in [3.63, 3.8) is 0 Å². The number of nitrogens with one attached hydrogen (secondary N) is 2. The largest absolute Gasteiger partial charge is 0.369 e. The molecule has 0 saturated carbocycles. The first-order valence-electron chi connectivity index (χ1n) is 4.70. The minimum Gasteiger partial charge on any atom is -0.369 e. The summed E-state index contributed by atoms with van der Waals surface area (Å²) >= 11 is 0. The van der Waals surface area contributed by atoms with E-state index >= 15 is 0 Å². The molecule has 1 aliphatic heterocycles. The first kappa shape index (κ1) is 9.27. The second kappa shape index (κ2) is 3.46. The Balaban J connectivity index is 2.21. The molecule has 1 amide bonds. The third-order valence-electron chi connectivity index (χ3n) is 2.39. The fourth-order valence-corrected chi connectivity index (χ4v) is 1.81. The van der Waals surface area contributed by atoms with Gasteiger partial charge in [0.1, 0.15) is 6.61 Å². The number of hydrogen-bond acceptors (Lipinski definition) is 2. The number of hydrogen-bond donors (Lipinski definition) is 2. The maximum absolute atomic E-state index is 11.1. The number of carbonyl (C=O) groups is 1. The molecule has 1 fully saturated rings. The van der Waals surface area contributed by atoms with Crippen LogP contribution in [0.2, 0.25) is 0 Å². The van der Waals surface area contributed by atoms with E-state index in [1.807, 2.05) is 13.8 Å². The van der Waals surface area contributed by atoms with Crippen LogP contribution in [0.3, 0.4) is 0 Å². The average Bonchev–Trinajstić information content (AvgIpc) is 2.45. The van der Waals surface area contributed by atoms with Crippen LogP contribution in [-0.2, 0) is 9.53 Å². The number of H-pyrrole nitrogens is 1. The molecule has 0 bridgehead atoms. The summed E-state index contributed by atoms with van der Waals surface area (Å²) in [5, 5.41) is 2.89. The van der Waals surface area contributed by atoms with E-state index in [0.717, 1.165) is 11.4 Å². The first-order chi connectivity index (χ1) is 6.66. The van der Waals surface area contributed by atoms with Crippen molar-refractivity contribution in [2.75, 3.05) is 13.2 Å². The minimum atomic E-state index is -0.0482. The van der Waals surface area contributed by atoms with Gasteiger partial charge in [-0.1, -0.05) is 0 Å². The molecule has 0 aliphatic carbocycles. The number of aromatic nitrogens is 1. The van der Waals surface area contributed by atoms with E-state index in [0.29, 0.717) is 6.61 Å². The number of aromatic amines is 1. The predicted molar refractivity (Wildman–Crippen MR) is 52.0 cm³/mol. The monoisotopic (exact) mass is 194 g/mol. The molecule has 14 heavy (non-hydrogen) atoms. The molecular weight excluding hydrogens is 180 g/mol. The summed E-state index contributed by atoms with van der Waals surface area (Å²) < 4.78 is 5.18. The van der Waals surface area contributed by atoms with Crippen molar-refractivity contribution < 1.29 is 9.53 Å². The molecule has 0 aromatic carbocycles. The fourth-order valence-electron chi connectivity index (χ4n) is 1.81. The zero-order valence-electron chi connectivity index (χ0n) is 8.39. The molecule has 0 radical (unpaired) electrons. The molecule has 1 aromatic heterocycles. The van der Waals surface area contributed by atoms with E-state index in [1.165, 1.54) is 5.56 Å². The van der Waals surface area contributed by atoms with Crippen molar-refractivity contribution in [2.24, 2.45) is 0 Å². The van der Waals surface area contributed by atoms with Gasteiger partial charge in [-0.15, -0.1) is 0 Å². The van der Waals surface area contributed by atoms with Gasteiger partial charge in [-0.3, -0.25) is 4.79 Å². The first-order valence-corrected chi connectivity index (χ1v) is 4.70. The molecule has 4 heteroatoms. The third kappa shape index (κ3) is 1.65. The highest BCUT2D eigenvalue weighted by Crippen LogP contribution is 2.19. The van der Waals surface area contributed by atoms with Gasteiger partial charge in [-0.2, -0.15) is 0 Å². The Morgan fingerprint density at radius 2 is 2.29 bits per heavy atom. The Morgan fingerprint density at radius 1 is 1.50 bits per heavy atom. The molecule has 2 N–H and O–H groups in total. The zero-order valence-corrected chi connectivity index (χ0v) is 8.39. The van der Waals surface area contributed by atoms with E-state index in [9.17, 15) is 4.79 Å². The summed E-state index contributed by atoms with van der Waals surface area (Å²) in [6.45, 7) is 4.75. The van der Waals surface area contributed by atoms with E-state index in [-0.39, 0.29) is 18.6 Å². The summed E-state index contributed by atoms with van der Waals surface area (Å²) in [4.78, 5) is 14.4. The Labute approximate surface area is 82.6 Å². The lowest BCUT2D eigenvalue weighted by Crippen LogP contribution is -2.40. The van der Waals surface area contributed by atoms with Gasteiger partial charge in [-0.25, -0.2) is 0 Å². The molecule has 76 valence electrons. The van der Waals surface area contributed by atoms with E-state index in [2.05, 4.69) is 16.4 Å². The summed E-state index contributed by atoms with van der Waals surface area (Å²) in [6, 6.07) is 2.04. The standard InChI is InChI=1S/C10H14N2O2/c1-6-3-7(2)11-10(6)8-4-14-5-9(13)12-8/h3,8,11H,4-5H2,1-2H3,(H,12,13). The maximum Gasteiger partial charge on any atom is 0.246 e. The summed E-state index contributed by atoms with van der Waals surface area (Å²) in [6.07, 6.45) is 0. The zero-order chi connectivity index (χ0) is 10.1. The highest BCUT2D eigenvalue weighted by molar-refractivity contribution is 5.78. The minimum absolute atomic E-state index is 0.0232. The van der Waals surface area contributed by atoms with Gasteiger partial charge >= 0.3 is 0 Å². The second-order valence-corrected chi connectivity index (χ2v) is 3.68. The number of carbonyl (C=O) groups excluding carboxylic acids is 1. The smallest absolute Gasteiger partial charge is 0.246 e. The number of amides is 1. The lowest BCUT2D eigenvalue weighted by Gasteiger charge is -2.23. The molecule has 2 rings (SSSR count). The van der Waals surface area contributed by atoms with Crippen molar-refractivity contribution in [1.82, 2.24) is 10.3 Å². The maximum atomic E-state index is 11.1. The molecule has 4 nitrogen and oxygen atoms in total. The molecule has 2 heterocycles. The highest BCUT2D eigenvalue weighted by Gasteiger charge is 2.22. The van der Waals surface area contributed by atoms with Crippen LogP contribution in [0.5, 0.6) is 0 Å². The Morgan fingerprint density at radius 3 is 2.86 bits per heavy atom. The van der Waals surface area contributed by atoms with Gasteiger partial charge in [0.2, 0.25) is 5.91 Å². The van der Waals surface area contributed by atoms with Gasteiger partial charge < -0.3 is 15.0 Å². The van der Waals surface area contributed by atoms with Crippen LogP contribution < -0.4 is 5.32 Å². The number of aryl methyl sites for hydroxylation is 2. The third-order valence-corrected chi connectivity index (χ3v) is 2.39. The summed E-state index contributed by atoms with van der Waals surface area (Å²) in [5.74, 6) is -0.0482. The van der Waals surface area contributed by atoms with Crippen LogP contribution in [-0.4, -0.2) is 24.1 Å². The fraction of sp³-hybridized carbons (Fsp3) is 0.500. The Bertz CT molecular complexity index is 357. The lowest BCUT2D eigenvalue weighted by atomic mass is 10.1. The summed E-state index contributed by atoms with van der Waals surface area (Å²) in [5.41, 5.74) is 3.33. The highest BCUT2D eigenvalue weighted by atomic mass is 16.5. The van der Waals surface area contributed by atoms with E-state index in [4.69, 9.17) is 4.74 Å². The van der Waals surface area contributed by atoms with Gasteiger partial charge in [-0.05, 0) is 25.5 Å². The average molecular weight is 194 g/mol. The van der Waals surface area contributed by atoms with Crippen molar-refractivity contribution >= 4 is 5.91 Å². The predicted octanol–water partition coefficient (Wildman–Crippen LogP) is 0.819. The molecule has 1 unspecified atom stereocenters. The van der Waals surface area contributed by atoms with Crippen molar-refractivity contribution in [2.45, 2.75) is 19.9 Å².